The largest absolute Gasteiger partial charge is 0.390 e. The van der Waals surface area contributed by atoms with E-state index in [0.29, 0.717) is 0 Å². The normalized spacial score (nSPS) is 17.7. The fraction of sp³-hybridized carbons (Fsp3) is 0.333. The van der Waals surface area contributed by atoms with Gasteiger partial charge in [-0.25, -0.2) is 8.42 Å². The molecule has 2 rings (SSSR count). The molecular formula is C9H10N2O5S. The van der Waals surface area contributed by atoms with Gasteiger partial charge in [0, 0.05) is 25.2 Å². The molecule has 1 aromatic rings. The third-order valence-corrected chi connectivity index (χ3v) is 4.36. The summed E-state index contributed by atoms with van der Waals surface area (Å²) in [5.41, 5.74) is -0.160. The van der Waals surface area contributed by atoms with Gasteiger partial charge in [-0.2, -0.15) is 4.31 Å². The molecule has 0 radical (unpaired) electrons. The van der Waals surface area contributed by atoms with Crippen LogP contribution in [-0.2, 0) is 10.0 Å². The van der Waals surface area contributed by atoms with Crippen molar-refractivity contribution in [2.45, 2.75) is 11.0 Å². The van der Waals surface area contributed by atoms with Crippen molar-refractivity contribution in [3.63, 3.8) is 0 Å². The standard InChI is InChI=1S/C9H10N2O5S/c12-8-5-10(6-8)17(15,16)9-3-1-7(2-4-9)11(13)14/h1-4,8,12H,5-6H2. The van der Waals surface area contributed by atoms with Crippen LogP contribution in [0, 0.1) is 10.1 Å². The maximum Gasteiger partial charge on any atom is 0.269 e. The number of β-amino-alcohol motifs (C(OH)–C–C–N with tert-alkyl or cyclic N) is 1. The molecule has 0 atom stereocenters. The lowest BCUT2D eigenvalue weighted by Gasteiger charge is -2.34. The molecule has 8 heteroatoms. The summed E-state index contributed by atoms with van der Waals surface area (Å²) >= 11 is 0. The lowest BCUT2D eigenvalue weighted by molar-refractivity contribution is -0.384. The van der Waals surface area contributed by atoms with Gasteiger partial charge in [0.1, 0.15) is 0 Å². The maximum atomic E-state index is 11.9. The van der Waals surface area contributed by atoms with Crippen molar-refractivity contribution in [2.24, 2.45) is 0 Å². The first-order valence-corrected chi connectivity index (χ1v) is 6.28. The third kappa shape index (κ3) is 2.14. The molecule has 1 aromatic carbocycles. The minimum atomic E-state index is -3.63. The van der Waals surface area contributed by atoms with Gasteiger partial charge in [-0.15, -0.1) is 0 Å². The molecule has 1 heterocycles. The molecule has 0 aromatic heterocycles. The topological polar surface area (TPSA) is 101 Å². The number of hydrogen-bond donors (Lipinski definition) is 1. The highest BCUT2D eigenvalue weighted by atomic mass is 32.2. The van der Waals surface area contributed by atoms with Gasteiger partial charge in [0.05, 0.1) is 15.9 Å². The number of nitro benzene ring substituents is 1. The highest BCUT2D eigenvalue weighted by molar-refractivity contribution is 7.89. The van der Waals surface area contributed by atoms with E-state index in [0.717, 1.165) is 16.4 Å². The van der Waals surface area contributed by atoms with Gasteiger partial charge < -0.3 is 5.11 Å². The van der Waals surface area contributed by atoms with Crippen LogP contribution >= 0.6 is 0 Å². The van der Waals surface area contributed by atoms with E-state index in [1.54, 1.807) is 0 Å². The zero-order chi connectivity index (χ0) is 12.6. The summed E-state index contributed by atoms with van der Waals surface area (Å²) < 4.78 is 24.9. The number of non-ortho nitro benzene ring substituents is 1. The van der Waals surface area contributed by atoms with Crippen LogP contribution in [-0.4, -0.2) is 41.9 Å². The molecule has 0 bridgehead atoms. The number of sulfonamides is 1. The molecule has 17 heavy (non-hydrogen) atoms. The quantitative estimate of drug-likeness (QED) is 0.605. The van der Waals surface area contributed by atoms with Crippen molar-refractivity contribution in [2.75, 3.05) is 13.1 Å². The highest BCUT2D eigenvalue weighted by Crippen LogP contribution is 2.23. The first kappa shape index (κ1) is 12.0. The molecule has 1 aliphatic heterocycles. The molecule has 0 aliphatic carbocycles. The van der Waals surface area contributed by atoms with E-state index >= 15 is 0 Å². The van der Waals surface area contributed by atoms with Gasteiger partial charge in [-0.1, -0.05) is 0 Å². The average molecular weight is 258 g/mol. The SMILES string of the molecule is O=[N+]([O-])c1ccc(S(=O)(=O)N2CC(O)C2)cc1. The zero-order valence-corrected chi connectivity index (χ0v) is 9.50. The predicted octanol–water partition coefficient (Wildman–Crippen LogP) is -0.0400. The van der Waals surface area contributed by atoms with Gasteiger partial charge in [0.25, 0.3) is 5.69 Å². The number of nitro groups is 1. The number of aliphatic hydroxyl groups is 1. The van der Waals surface area contributed by atoms with E-state index in [4.69, 9.17) is 5.11 Å². The van der Waals surface area contributed by atoms with E-state index in [9.17, 15) is 18.5 Å². The van der Waals surface area contributed by atoms with Crippen LogP contribution in [0.4, 0.5) is 5.69 Å². The van der Waals surface area contributed by atoms with E-state index in [1.807, 2.05) is 0 Å². The molecule has 1 saturated heterocycles. The molecule has 0 amide bonds. The summed E-state index contributed by atoms with van der Waals surface area (Å²) in [6, 6.07) is 4.67. The predicted molar refractivity (Wildman–Crippen MR) is 57.9 cm³/mol. The number of hydrogen-bond acceptors (Lipinski definition) is 5. The second kappa shape index (κ2) is 4.06. The Balaban J connectivity index is 2.25. The van der Waals surface area contributed by atoms with Gasteiger partial charge in [-0.3, -0.25) is 10.1 Å². The second-order valence-electron chi connectivity index (χ2n) is 3.73. The summed E-state index contributed by atoms with van der Waals surface area (Å²) in [7, 11) is -3.63. The highest BCUT2D eigenvalue weighted by Gasteiger charge is 2.35. The Bertz CT molecular complexity index is 533. The molecular weight excluding hydrogens is 248 g/mol. The van der Waals surface area contributed by atoms with E-state index < -0.39 is 21.1 Å². The summed E-state index contributed by atoms with van der Waals surface area (Å²) in [5.74, 6) is 0. The zero-order valence-electron chi connectivity index (χ0n) is 8.68. The molecule has 1 N–H and O–H groups in total. The summed E-state index contributed by atoms with van der Waals surface area (Å²) in [6.45, 7) is 0.138. The van der Waals surface area contributed by atoms with E-state index in [2.05, 4.69) is 0 Å². The molecule has 7 nitrogen and oxygen atoms in total. The maximum absolute atomic E-state index is 11.9. The van der Waals surface area contributed by atoms with Crippen LogP contribution in [0.15, 0.2) is 29.2 Å². The van der Waals surface area contributed by atoms with Crippen molar-refractivity contribution in [3.05, 3.63) is 34.4 Å². The Morgan fingerprint density at radius 2 is 1.82 bits per heavy atom. The molecule has 0 unspecified atom stereocenters. The van der Waals surface area contributed by atoms with Gasteiger partial charge >= 0.3 is 0 Å². The fourth-order valence-electron chi connectivity index (χ4n) is 1.50. The summed E-state index contributed by atoms with van der Waals surface area (Å²) in [6.07, 6.45) is -0.622. The van der Waals surface area contributed by atoms with E-state index in [1.165, 1.54) is 12.1 Å². The van der Waals surface area contributed by atoms with Crippen LogP contribution in [0.25, 0.3) is 0 Å². The van der Waals surface area contributed by atoms with Gasteiger partial charge in [-0.05, 0) is 12.1 Å². The minimum Gasteiger partial charge on any atom is -0.390 e. The Kier molecular flexibility index (Phi) is 2.86. The molecule has 1 fully saturated rings. The summed E-state index contributed by atoms with van der Waals surface area (Å²) in [4.78, 5) is 9.82. The third-order valence-electron chi connectivity index (χ3n) is 2.51. The summed E-state index contributed by atoms with van der Waals surface area (Å²) in [5, 5.41) is 19.5. The van der Waals surface area contributed by atoms with Crippen LogP contribution in [0.5, 0.6) is 0 Å². The minimum absolute atomic E-state index is 0.00463. The van der Waals surface area contributed by atoms with Crippen molar-refractivity contribution in [1.29, 1.82) is 0 Å². The van der Waals surface area contributed by atoms with Crippen LogP contribution in [0.1, 0.15) is 0 Å². The van der Waals surface area contributed by atoms with Gasteiger partial charge in [0.2, 0.25) is 10.0 Å². The first-order chi connectivity index (χ1) is 7.91. The lowest BCUT2D eigenvalue weighted by Crippen LogP contribution is -2.53. The number of nitrogens with zero attached hydrogens (tertiary/aromatic N) is 2. The van der Waals surface area contributed by atoms with Crippen molar-refractivity contribution in [1.82, 2.24) is 4.31 Å². The molecule has 1 aliphatic rings. The monoisotopic (exact) mass is 258 g/mol. The van der Waals surface area contributed by atoms with Crippen molar-refractivity contribution in [3.8, 4) is 0 Å². The number of benzene rings is 1. The van der Waals surface area contributed by atoms with Crippen LogP contribution in [0.3, 0.4) is 0 Å². The Morgan fingerprint density at radius 1 is 1.29 bits per heavy atom. The van der Waals surface area contributed by atoms with Crippen LogP contribution < -0.4 is 0 Å². The molecule has 0 saturated carbocycles. The number of rotatable bonds is 3. The fourth-order valence-corrected chi connectivity index (χ4v) is 3.02. The Morgan fingerprint density at radius 3 is 2.24 bits per heavy atom. The smallest absolute Gasteiger partial charge is 0.269 e. The van der Waals surface area contributed by atoms with Crippen LogP contribution in [0.2, 0.25) is 0 Å². The van der Waals surface area contributed by atoms with Crippen molar-refractivity contribution >= 4 is 15.7 Å². The average Bonchev–Trinajstić information content (AvgIpc) is 2.25. The number of aliphatic hydroxyl groups excluding tert-OH is 1. The van der Waals surface area contributed by atoms with Gasteiger partial charge in [0.15, 0.2) is 0 Å². The molecule has 92 valence electrons. The first-order valence-electron chi connectivity index (χ1n) is 4.84. The van der Waals surface area contributed by atoms with E-state index in [-0.39, 0.29) is 23.7 Å². The Labute approximate surface area is 97.5 Å². The Hall–Kier alpha value is -1.51. The molecule has 0 spiro atoms. The second-order valence-corrected chi connectivity index (χ2v) is 5.66. The van der Waals surface area contributed by atoms with Crippen molar-refractivity contribution < 1.29 is 18.4 Å². The lowest BCUT2D eigenvalue weighted by atomic mass is 10.2.